The predicted molar refractivity (Wildman–Crippen MR) is 65.7 cm³/mol. The third kappa shape index (κ3) is 12.7. The summed E-state index contributed by atoms with van der Waals surface area (Å²) in [6.45, 7) is 8.08. The van der Waals surface area contributed by atoms with Gasteiger partial charge in [0, 0.05) is 7.05 Å². The number of allylic oxidation sites excluding steroid dienone is 2. The third-order valence-corrected chi connectivity index (χ3v) is 1.31. The first-order valence-electron chi connectivity index (χ1n) is 5.27. The van der Waals surface area contributed by atoms with Gasteiger partial charge >= 0.3 is 0 Å². The van der Waals surface area contributed by atoms with E-state index in [2.05, 4.69) is 12.0 Å². The Labute approximate surface area is 92.8 Å². The van der Waals surface area contributed by atoms with Gasteiger partial charge in [0.25, 0.3) is 0 Å². The zero-order valence-corrected chi connectivity index (χ0v) is 10.4. The van der Waals surface area contributed by atoms with Crippen molar-refractivity contribution >= 4 is 11.6 Å². The first kappa shape index (κ1) is 16.1. The molecule has 0 aliphatic rings. The number of nitrogens with zero attached hydrogens (tertiary/aromatic N) is 2. The molecular formula is C11H23N3O. The summed E-state index contributed by atoms with van der Waals surface area (Å²) in [6, 6.07) is 0. The molecule has 0 heterocycles. The van der Waals surface area contributed by atoms with Crippen LogP contribution in [0.3, 0.4) is 0 Å². The molecule has 0 radical (unpaired) electrons. The zero-order chi connectivity index (χ0) is 12.3. The topological polar surface area (TPSA) is 58.7 Å². The van der Waals surface area contributed by atoms with Crippen molar-refractivity contribution in [3.05, 3.63) is 12.2 Å². The summed E-state index contributed by atoms with van der Waals surface area (Å²) in [5, 5.41) is 5.64. The molecule has 2 N–H and O–H groups in total. The average Bonchev–Trinajstić information content (AvgIpc) is 2.16. The van der Waals surface area contributed by atoms with Gasteiger partial charge in [-0.15, -0.1) is 0 Å². The van der Waals surface area contributed by atoms with Gasteiger partial charge in [-0.05, 0) is 19.4 Å². The summed E-state index contributed by atoms with van der Waals surface area (Å²) in [5.41, 5.74) is 5.87. The van der Waals surface area contributed by atoms with Gasteiger partial charge in [-0.25, -0.2) is 0 Å². The second-order valence-electron chi connectivity index (χ2n) is 2.83. The number of likely N-dealkylation sites (N-methyl/N-ethyl adjacent to an activating group) is 1. The molecule has 0 bridgehead atoms. The number of amides is 1. The van der Waals surface area contributed by atoms with E-state index in [-0.39, 0.29) is 12.5 Å². The molecule has 0 unspecified atom stereocenters. The van der Waals surface area contributed by atoms with E-state index in [4.69, 9.17) is 5.73 Å². The highest BCUT2D eigenvalue weighted by atomic mass is 16.1. The van der Waals surface area contributed by atoms with Crippen LogP contribution in [0.25, 0.3) is 0 Å². The van der Waals surface area contributed by atoms with Crippen LogP contribution in [-0.4, -0.2) is 30.2 Å². The number of hydrogen-bond acceptors (Lipinski definition) is 3. The van der Waals surface area contributed by atoms with Crippen LogP contribution in [0.2, 0.25) is 0 Å². The summed E-state index contributed by atoms with van der Waals surface area (Å²) >= 11 is 0. The fourth-order valence-corrected chi connectivity index (χ4v) is 0.852. The quantitative estimate of drug-likeness (QED) is 0.559. The van der Waals surface area contributed by atoms with Crippen molar-refractivity contribution in [2.24, 2.45) is 10.8 Å². The van der Waals surface area contributed by atoms with Gasteiger partial charge in [0.15, 0.2) is 0 Å². The maximum absolute atomic E-state index is 10.5. The van der Waals surface area contributed by atoms with Crippen molar-refractivity contribution < 1.29 is 4.79 Å². The number of hydrogen-bond donors (Lipinski definition) is 1. The normalized spacial score (nSPS) is 10.9. The molecule has 4 heteroatoms. The lowest BCUT2D eigenvalue weighted by Crippen LogP contribution is -2.27. The number of nitrogens with two attached hydrogens (primary N) is 1. The van der Waals surface area contributed by atoms with Gasteiger partial charge in [0.1, 0.15) is 6.54 Å². The molecule has 0 aliphatic carbocycles. The van der Waals surface area contributed by atoms with E-state index < -0.39 is 0 Å². The smallest absolute Gasteiger partial charge is 0.238 e. The molecule has 0 spiro atoms. The van der Waals surface area contributed by atoms with Crippen molar-refractivity contribution in [1.29, 1.82) is 0 Å². The Morgan fingerprint density at radius 1 is 1.47 bits per heavy atom. The van der Waals surface area contributed by atoms with Gasteiger partial charge in [-0.2, -0.15) is 5.10 Å². The maximum Gasteiger partial charge on any atom is 0.238 e. The Balaban J connectivity index is 0. The third-order valence-electron chi connectivity index (χ3n) is 1.31. The Morgan fingerprint density at radius 2 is 2.00 bits per heavy atom. The molecule has 0 saturated carbocycles. The molecule has 1 amide bonds. The minimum absolute atomic E-state index is 0.150. The monoisotopic (exact) mass is 213 g/mol. The number of carbonyl (C=O) groups excluding carboxylic acids is 1. The molecule has 0 aromatic rings. The standard InChI is InChI=1S/C9H17N3O.C2H6/c1-4-5-6-8(2)11-12(3)7-9(10)13;1-2/h5-6H,4,7H2,1-3H3,(H2,10,13);1-2H3/b6-5+,11-8-;. The van der Waals surface area contributed by atoms with E-state index in [1.807, 2.05) is 32.9 Å². The fourth-order valence-electron chi connectivity index (χ4n) is 0.852. The lowest BCUT2D eigenvalue weighted by Gasteiger charge is -2.10. The first-order valence-corrected chi connectivity index (χ1v) is 5.27. The van der Waals surface area contributed by atoms with Crippen LogP contribution >= 0.6 is 0 Å². The van der Waals surface area contributed by atoms with Crippen molar-refractivity contribution in [3.8, 4) is 0 Å². The first-order chi connectivity index (χ1) is 7.06. The maximum atomic E-state index is 10.5. The van der Waals surface area contributed by atoms with Gasteiger partial charge in [0.05, 0.1) is 5.71 Å². The summed E-state index contributed by atoms with van der Waals surface area (Å²) < 4.78 is 0. The second-order valence-corrected chi connectivity index (χ2v) is 2.83. The van der Waals surface area contributed by atoms with Gasteiger partial charge in [0.2, 0.25) is 5.91 Å². The van der Waals surface area contributed by atoms with E-state index in [9.17, 15) is 4.79 Å². The highest BCUT2D eigenvalue weighted by Gasteiger charge is 1.97. The molecule has 4 nitrogen and oxygen atoms in total. The van der Waals surface area contributed by atoms with E-state index in [1.165, 1.54) is 5.01 Å². The average molecular weight is 213 g/mol. The van der Waals surface area contributed by atoms with E-state index >= 15 is 0 Å². The second kappa shape index (κ2) is 10.8. The van der Waals surface area contributed by atoms with Crippen molar-refractivity contribution in [2.45, 2.75) is 34.1 Å². The molecule has 0 saturated heterocycles. The fraction of sp³-hybridized carbons (Fsp3) is 0.636. The Hall–Kier alpha value is -1.32. The highest BCUT2D eigenvalue weighted by Crippen LogP contribution is 1.88. The van der Waals surface area contributed by atoms with Crippen LogP contribution in [0.15, 0.2) is 17.3 Å². The molecule has 0 fully saturated rings. The lowest BCUT2D eigenvalue weighted by atomic mass is 10.3. The Bertz CT molecular complexity index is 222. The van der Waals surface area contributed by atoms with Crippen LogP contribution in [0, 0.1) is 0 Å². The van der Waals surface area contributed by atoms with Crippen LogP contribution < -0.4 is 5.73 Å². The molecule has 0 rings (SSSR count). The number of hydrazone groups is 1. The summed E-state index contributed by atoms with van der Waals surface area (Å²) in [7, 11) is 1.72. The van der Waals surface area contributed by atoms with Crippen LogP contribution in [0.5, 0.6) is 0 Å². The predicted octanol–water partition coefficient (Wildman–Crippen LogP) is 1.77. The largest absolute Gasteiger partial charge is 0.368 e. The van der Waals surface area contributed by atoms with Crippen LogP contribution in [0.4, 0.5) is 0 Å². The Kier molecular flexibility index (Phi) is 11.6. The zero-order valence-electron chi connectivity index (χ0n) is 10.4. The van der Waals surface area contributed by atoms with E-state index in [0.29, 0.717) is 0 Å². The van der Waals surface area contributed by atoms with Gasteiger partial charge in [-0.3, -0.25) is 9.80 Å². The van der Waals surface area contributed by atoms with Crippen molar-refractivity contribution in [3.63, 3.8) is 0 Å². The Morgan fingerprint density at radius 3 is 2.40 bits per heavy atom. The summed E-state index contributed by atoms with van der Waals surface area (Å²) in [4.78, 5) is 10.5. The molecule has 0 aliphatic heterocycles. The van der Waals surface area contributed by atoms with Crippen molar-refractivity contribution in [2.75, 3.05) is 13.6 Å². The molecule has 0 aromatic carbocycles. The SMILES string of the molecule is CC.CC/C=C/C(C)=N\N(C)CC(N)=O. The van der Waals surface area contributed by atoms with E-state index in [1.54, 1.807) is 7.05 Å². The van der Waals surface area contributed by atoms with Gasteiger partial charge < -0.3 is 5.73 Å². The van der Waals surface area contributed by atoms with Crippen molar-refractivity contribution in [1.82, 2.24) is 5.01 Å². The molecule has 88 valence electrons. The van der Waals surface area contributed by atoms with Gasteiger partial charge in [-0.1, -0.05) is 26.8 Å². The number of carbonyl (C=O) groups is 1. The van der Waals surface area contributed by atoms with Crippen LogP contribution in [-0.2, 0) is 4.79 Å². The minimum atomic E-state index is -0.376. The highest BCUT2D eigenvalue weighted by molar-refractivity contribution is 5.92. The number of primary amides is 1. The lowest BCUT2D eigenvalue weighted by molar-refractivity contribution is -0.118. The molecule has 0 atom stereocenters. The van der Waals surface area contributed by atoms with E-state index in [0.717, 1.165) is 12.1 Å². The number of rotatable bonds is 5. The molecule has 15 heavy (non-hydrogen) atoms. The summed E-state index contributed by atoms with van der Waals surface area (Å²) in [5.74, 6) is -0.376. The van der Waals surface area contributed by atoms with Crippen LogP contribution in [0.1, 0.15) is 34.1 Å². The molecule has 0 aromatic heterocycles. The molecular weight excluding hydrogens is 190 g/mol. The minimum Gasteiger partial charge on any atom is -0.368 e. The summed E-state index contributed by atoms with van der Waals surface area (Å²) in [6.07, 6.45) is 4.90.